The summed E-state index contributed by atoms with van der Waals surface area (Å²) in [5, 5.41) is 3.54. The van der Waals surface area contributed by atoms with Gasteiger partial charge in [-0.1, -0.05) is 48.5 Å². The topological polar surface area (TPSA) is 30.5 Å². The summed E-state index contributed by atoms with van der Waals surface area (Å²) in [5.41, 5.74) is 3.31. The first-order chi connectivity index (χ1) is 12.3. The van der Waals surface area contributed by atoms with E-state index in [-0.39, 0.29) is 6.04 Å². The van der Waals surface area contributed by atoms with Gasteiger partial charge in [0.1, 0.15) is 19.0 Å². The van der Waals surface area contributed by atoms with Crippen molar-refractivity contribution in [1.82, 2.24) is 0 Å². The second-order valence-electron chi connectivity index (χ2n) is 5.97. The van der Waals surface area contributed by atoms with Crippen molar-refractivity contribution in [3.8, 4) is 11.5 Å². The fourth-order valence-electron chi connectivity index (χ4n) is 2.91. The summed E-state index contributed by atoms with van der Waals surface area (Å²) in [4.78, 5) is 0. The highest BCUT2D eigenvalue weighted by molar-refractivity contribution is 9.10. The number of hydrogen-bond acceptors (Lipinski definition) is 3. The Hall–Kier alpha value is -2.46. The molecule has 0 amide bonds. The van der Waals surface area contributed by atoms with E-state index in [1.807, 2.05) is 48.5 Å². The number of nitrogens with one attached hydrogen (secondary N) is 1. The van der Waals surface area contributed by atoms with Crippen LogP contribution in [0.2, 0.25) is 0 Å². The van der Waals surface area contributed by atoms with Crippen LogP contribution in [0.3, 0.4) is 0 Å². The molecular weight excluding hydrogens is 378 g/mol. The molecule has 1 aliphatic rings. The zero-order valence-electron chi connectivity index (χ0n) is 13.6. The molecule has 0 bridgehead atoms. The third kappa shape index (κ3) is 3.64. The molecule has 4 rings (SSSR count). The molecule has 0 aliphatic carbocycles. The van der Waals surface area contributed by atoms with E-state index in [1.165, 1.54) is 0 Å². The van der Waals surface area contributed by atoms with Crippen molar-refractivity contribution in [2.45, 2.75) is 12.6 Å². The lowest BCUT2D eigenvalue weighted by Gasteiger charge is -2.28. The quantitative estimate of drug-likeness (QED) is 0.625. The number of hydrogen-bond donors (Lipinski definition) is 1. The summed E-state index contributed by atoms with van der Waals surface area (Å²) in [5.74, 6) is 1.73. The fraction of sp³-hybridized carbons (Fsp3) is 0.143. The molecule has 1 heterocycles. The summed E-state index contributed by atoms with van der Waals surface area (Å²) >= 11 is 3.53. The summed E-state index contributed by atoms with van der Waals surface area (Å²) in [6, 6.07) is 24.5. The Bertz CT molecular complexity index is 867. The Labute approximate surface area is 155 Å². The molecule has 0 radical (unpaired) electrons. The Kier molecular flexibility index (Phi) is 4.61. The summed E-state index contributed by atoms with van der Waals surface area (Å²) in [6.07, 6.45) is 0. The van der Waals surface area contributed by atoms with E-state index in [9.17, 15) is 0 Å². The van der Waals surface area contributed by atoms with Crippen molar-refractivity contribution in [3.63, 3.8) is 0 Å². The highest BCUT2D eigenvalue weighted by atomic mass is 79.9. The van der Waals surface area contributed by atoms with Crippen molar-refractivity contribution in [2.75, 3.05) is 11.9 Å². The van der Waals surface area contributed by atoms with Crippen LogP contribution in [0.1, 0.15) is 17.2 Å². The van der Waals surface area contributed by atoms with E-state index in [0.29, 0.717) is 13.2 Å². The first-order valence-electron chi connectivity index (χ1n) is 8.24. The summed E-state index contributed by atoms with van der Waals surface area (Å²) in [6.45, 7) is 1.15. The van der Waals surface area contributed by atoms with E-state index >= 15 is 0 Å². The Morgan fingerprint density at radius 3 is 2.72 bits per heavy atom. The Morgan fingerprint density at radius 1 is 1.00 bits per heavy atom. The monoisotopic (exact) mass is 395 g/mol. The van der Waals surface area contributed by atoms with Gasteiger partial charge in [0.05, 0.1) is 16.2 Å². The van der Waals surface area contributed by atoms with Gasteiger partial charge in [0, 0.05) is 0 Å². The molecular formula is C21H18BrNO2. The molecule has 1 aliphatic heterocycles. The second kappa shape index (κ2) is 7.19. The molecule has 1 N–H and O–H groups in total. The van der Waals surface area contributed by atoms with Crippen LogP contribution < -0.4 is 14.8 Å². The molecule has 0 saturated carbocycles. The number of para-hydroxylation sites is 1. The van der Waals surface area contributed by atoms with Crippen LogP contribution in [-0.4, -0.2) is 6.61 Å². The molecule has 1 unspecified atom stereocenters. The molecule has 3 aromatic rings. The average molecular weight is 396 g/mol. The predicted octanol–water partition coefficient (Wildman–Crippen LogP) is 5.57. The van der Waals surface area contributed by atoms with Crippen LogP contribution in [0.5, 0.6) is 11.5 Å². The zero-order valence-corrected chi connectivity index (χ0v) is 15.2. The molecule has 0 saturated heterocycles. The molecule has 3 nitrogen and oxygen atoms in total. The normalized spacial score (nSPS) is 15.6. The minimum atomic E-state index is 0.0991. The highest BCUT2D eigenvalue weighted by Gasteiger charge is 2.22. The van der Waals surface area contributed by atoms with Crippen LogP contribution in [0.15, 0.2) is 77.3 Å². The maximum Gasteiger partial charge on any atom is 0.156 e. The molecule has 25 heavy (non-hydrogen) atoms. The van der Waals surface area contributed by atoms with Crippen LogP contribution in [0.4, 0.5) is 5.69 Å². The Balaban J connectivity index is 1.48. The lowest BCUT2D eigenvalue weighted by atomic mass is 10.1. The van der Waals surface area contributed by atoms with Gasteiger partial charge < -0.3 is 14.8 Å². The van der Waals surface area contributed by atoms with Crippen molar-refractivity contribution in [3.05, 3.63) is 88.4 Å². The van der Waals surface area contributed by atoms with Gasteiger partial charge in [0.25, 0.3) is 0 Å². The maximum absolute atomic E-state index is 5.94. The lowest BCUT2D eigenvalue weighted by Crippen LogP contribution is -2.24. The number of ether oxygens (including phenoxy) is 2. The number of rotatable bonds is 4. The second-order valence-corrected chi connectivity index (χ2v) is 6.83. The highest BCUT2D eigenvalue weighted by Crippen LogP contribution is 2.39. The number of anilines is 1. The summed E-state index contributed by atoms with van der Waals surface area (Å²) < 4.78 is 12.8. The van der Waals surface area contributed by atoms with Gasteiger partial charge in [-0.05, 0) is 51.3 Å². The van der Waals surface area contributed by atoms with Crippen LogP contribution >= 0.6 is 15.9 Å². The van der Waals surface area contributed by atoms with Gasteiger partial charge in [-0.15, -0.1) is 0 Å². The van der Waals surface area contributed by atoms with Crippen LogP contribution in [0.25, 0.3) is 0 Å². The van der Waals surface area contributed by atoms with Gasteiger partial charge in [-0.25, -0.2) is 0 Å². The van der Waals surface area contributed by atoms with E-state index < -0.39 is 0 Å². The third-order valence-electron chi connectivity index (χ3n) is 4.20. The number of halogens is 1. The van der Waals surface area contributed by atoms with Gasteiger partial charge in [-0.2, -0.15) is 0 Å². The van der Waals surface area contributed by atoms with E-state index in [4.69, 9.17) is 9.47 Å². The smallest absolute Gasteiger partial charge is 0.156 e. The minimum absolute atomic E-state index is 0.0991. The predicted molar refractivity (Wildman–Crippen MR) is 103 cm³/mol. The average Bonchev–Trinajstić information content (AvgIpc) is 2.67. The molecule has 3 aromatic carbocycles. The van der Waals surface area contributed by atoms with Crippen molar-refractivity contribution in [1.29, 1.82) is 0 Å². The van der Waals surface area contributed by atoms with Crippen molar-refractivity contribution < 1.29 is 9.47 Å². The van der Waals surface area contributed by atoms with Gasteiger partial charge in [-0.3, -0.25) is 0 Å². The molecule has 126 valence electrons. The standard InChI is InChI=1S/C21H18BrNO2/c22-18-10-5-11-19-21(18)25-14-20(23-19)16-8-4-9-17(12-16)24-13-15-6-2-1-3-7-15/h1-12,20,23H,13-14H2. The van der Waals surface area contributed by atoms with Crippen LogP contribution in [-0.2, 0) is 6.61 Å². The fourth-order valence-corrected chi connectivity index (χ4v) is 3.39. The van der Waals surface area contributed by atoms with Crippen molar-refractivity contribution in [2.24, 2.45) is 0 Å². The molecule has 0 fully saturated rings. The first kappa shape index (κ1) is 16.0. The van der Waals surface area contributed by atoms with Gasteiger partial charge in [0.15, 0.2) is 5.75 Å². The van der Waals surface area contributed by atoms with Gasteiger partial charge in [0.2, 0.25) is 0 Å². The number of benzene rings is 3. The van der Waals surface area contributed by atoms with Crippen LogP contribution in [0, 0.1) is 0 Å². The molecule has 4 heteroatoms. The van der Waals surface area contributed by atoms with E-state index in [0.717, 1.165) is 32.8 Å². The number of fused-ring (bicyclic) bond motifs is 1. The SMILES string of the molecule is Brc1cccc2c1OCC(c1cccc(OCc3ccccc3)c1)N2. The van der Waals surface area contributed by atoms with Gasteiger partial charge >= 0.3 is 0 Å². The third-order valence-corrected chi connectivity index (χ3v) is 4.82. The van der Waals surface area contributed by atoms with Crippen molar-refractivity contribution >= 4 is 21.6 Å². The largest absolute Gasteiger partial charge is 0.489 e. The molecule has 0 spiro atoms. The zero-order chi connectivity index (χ0) is 17.1. The van der Waals surface area contributed by atoms with E-state index in [2.05, 4.69) is 45.5 Å². The molecule has 0 aromatic heterocycles. The Morgan fingerprint density at radius 2 is 1.84 bits per heavy atom. The first-order valence-corrected chi connectivity index (χ1v) is 9.03. The maximum atomic E-state index is 5.94. The lowest BCUT2D eigenvalue weighted by molar-refractivity contribution is 0.283. The summed E-state index contributed by atoms with van der Waals surface area (Å²) in [7, 11) is 0. The minimum Gasteiger partial charge on any atom is -0.489 e. The van der Waals surface area contributed by atoms with E-state index in [1.54, 1.807) is 0 Å². The molecule has 1 atom stereocenters.